The number of aromatic nitrogens is 2. The quantitative estimate of drug-likeness (QED) is 0.870. The van der Waals surface area contributed by atoms with Crippen LogP contribution in [0.5, 0.6) is 0 Å². The normalized spacial score (nSPS) is 19.2. The third-order valence-corrected chi connectivity index (χ3v) is 5.39. The molecule has 0 amide bonds. The van der Waals surface area contributed by atoms with E-state index in [0.717, 1.165) is 12.8 Å². The molecular formula is C12H21N3O3S. The molecule has 1 aliphatic rings. The summed E-state index contributed by atoms with van der Waals surface area (Å²) in [5.41, 5.74) is -0.880. The highest BCUT2D eigenvalue weighted by atomic mass is 32.2. The number of imidazole rings is 1. The lowest BCUT2D eigenvalue weighted by molar-refractivity contribution is 0.0333. The Morgan fingerprint density at radius 1 is 1.47 bits per heavy atom. The van der Waals surface area contributed by atoms with E-state index in [1.54, 1.807) is 4.57 Å². The summed E-state index contributed by atoms with van der Waals surface area (Å²) in [6, 6.07) is 0. The first-order valence-corrected chi connectivity index (χ1v) is 8.02. The van der Waals surface area contributed by atoms with Crippen molar-refractivity contribution in [2.24, 2.45) is 0 Å². The van der Waals surface area contributed by atoms with Crippen molar-refractivity contribution in [2.75, 3.05) is 13.6 Å². The van der Waals surface area contributed by atoms with Crippen LogP contribution in [0.2, 0.25) is 0 Å². The zero-order valence-corrected chi connectivity index (χ0v) is 12.2. The fourth-order valence-corrected chi connectivity index (χ4v) is 3.67. The van der Waals surface area contributed by atoms with Crippen molar-refractivity contribution in [1.82, 2.24) is 13.9 Å². The molecule has 0 spiro atoms. The van der Waals surface area contributed by atoms with Crippen molar-refractivity contribution >= 4 is 10.0 Å². The summed E-state index contributed by atoms with van der Waals surface area (Å²) in [5, 5.41) is 10.3. The number of likely N-dealkylation sites (N-methyl/N-ethyl adjacent to an activating group) is 1. The van der Waals surface area contributed by atoms with Crippen molar-refractivity contribution < 1.29 is 13.5 Å². The summed E-state index contributed by atoms with van der Waals surface area (Å²) in [6.07, 6.45) is 6.26. The van der Waals surface area contributed by atoms with Gasteiger partial charge in [0.2, 0.25) is 0 Å². The molecule has 0 unspecified atom stereocenters. The Morgan fingerprint density at radius 2 is 2.11 bits per heavy atom. The van der Waals surface area contributed by atoms with Crippen LogP contribution in [0.1, 0.15) is 32.6 Å². The van der Waals surface area contributed by atoms with Gasteiger partial charge >= 0.3 is 0 Å². The van der Waals surface area contributed by atoms with Gasteiger partial charge in [-0.2, -0.15) is 4.31 Å². The Labute approximate surface area is 114 Å². The fourth-order valence-electron chi connectivity index (χ4n) is 2.50. The molecular weight excluding hydrogens is 266 g/mol. The second-order valence-corrected chi connectivity index (χ2v) is 7.23. The van der Waals surface area contributed by atoms with Gasteiger partial charge in [0.05, 0.1) is 11.9 Å². The molecule has 1 saturated carbocycles. The van der Waals surface area contributed by atoms with Crippen molar-refractivity contribution in [1.29, 1.82) is 0 Å². The minimum absolute atomic E-state index is 0.0402. The summed E-state index contributed by atoms with van der Waals surface area (Å²) in [5.74, 6) is 0. The molecule has 0 radical (unpaired) electrons. The maximum atomic E-state index is 12.3. The number of hydrogen-bond acceptors (Lipinski definition) is 4. The van der Waals surface area contributed by atoms with E-state index in [-0.39, 0.29) is 11.6 Å². The average Bonchev–Trinajstić information content (AvgIpc) is 2.97. The minimum Gasteiger partial charge on any atom is -0.389 e. The van der Waals surface area contributed by atoms with E-state index < -0.39 is 15.6 Å². The number of aryl methyl sites for hydroxylation is 1. The lowest BCUT2D eigenvalue weighted by Gasteiger charge is -2.27. The molecule has 2 rings (SSSR count). The van der Waals surface area contributed by atoms with Crippen LogP contribution in [0.25, 0.3) is 0 Å². The van der Waals surface area contributed by atoms with Gasteiger partial charge in [-0.05, 0) is 19.8 Å². The maximum absolute atomic E-state index is 12.3. The number of rotatable bonds is 5. The molecule has 0 aromatic carbocycles. The Bertz CT molecular complexity index is 532. The highest BCUT2D eigenvalue weighted by molar-refractivity contribution is 7.89. The van der Waals surface area contributed by atoms with Crippen molar-refractivity contribution in [3.8, 4) is 0 Å². The van der Waals surface area contributed by atoms with Crippen LogP contribution in [0.3, 0.4) is 0 Å². The SMILES string of the molecule is CCn1cnc(S(=O)(=O)N(C)CC2(O)CCCC2)c1. The summed E-state index contributed by atoms with van der Waals surface area (Å²) in [7, 11) is -2.12. The first kappa shape index (κ1) is 14.5. The van der Waals surface area contributed by atoms with E-state index in [4.69, 9.17) is 0 Å². The first-order valence-electron chi connectivity index (χ1n) is 6.58. The minimum atomic E-state index is -3.61. The Hall–Kier alpha value is -0.920. The lowest BCUT2D eigenvalue weighted by atomic mass is 10.0. The molecule has 1 fully saturated rings. The molecule has 108 valence electrons. The van der Waals surface area contributed by atoms with Gasteiger partial charge in [-0.25, -0.2) is 13.4 Å². The molecule has 1 aliphatic carbocycles. The van der Waals surface area contributed by atoms with Gasteiger partial charge in [0.15, 0.2) is 5.03 Å². The average molecular weight is 287 g/mol. The molecule has 0 atom stereocenters. The second-order valence-electron chi connectivity index (χ2n) is 5.23. The smallest absolute Gasteiger partial charge is 0.261 e. The maximum Gasteiger partial charge on any atom is 0.261 e. The Kier molecular flexibility index (Phi) is 3.98. The topological polar surface area (TPSA) is 75.4 Å². The van der Waals surface area contributed by atoms with Crippen LogP contribution in [-0.2, 0) is 16.6 Å². The third kappa shape index (κ3) is 2.98. The van der Waals surface area contributed by atoms with Crippen molar-refractivity contribution in [3.63, 3.8) is 0 Å². The van der Waals surface area contributed by atoms with E-state index >= 15 is 0 Å². The molecule has 7 heteroatoms. The number of hydrogen-bond donors (Lipinski definition) is 1. The third-order valence-electron chi connectivity index (χ3n) is 3.70. The molecule has 1 aromatic heterocycles. The molecule has 1 heterocycles. The van der Waals surface area contributed by atoms with Crippen LogP contribution in [-0.4, -0.2) is 46.6 Å². The first-order chi connectivity index (χ1) is 8.87. The lowest BCUT2D eigenvalue weighted by Crippen LogP contribution is -2.42. The predicted molar refractivity (Wildman–Crippen MR) is 71.1 cm³/mol. The van der Waals surface area contributed by atoms with Gasteiger partial charge in [-0.3, -0.25) is 0 Å². The fraction of sp³-hybridized carbons (Fsp3) is 0.750. The van der Waals surface area contributed by atoms with E-state index in [0.29, 0.717) is 19.4 Å². The van der Waals surface area contributed by atoms with Crippen LogP contribution >= 0.6 is 0 Å². The van der Waals surface area contributed by atoms with Crippen LogP contribution < -0.4 is 0 Å². The monoisotopic (exact) mass is 287 g/mol. The molecule has 1 aromatic rings. The molecule has 6 nitrogen and oxygen atoms in total. The second kappa shape index (κ2) is 5.22. The number of aliphatic hydroxyl groups is 1. The number of sulfonamides is 1. The highest BCUT2D eigenvalue weighted by Gasteiger charge is 2.36. The summed E-state index contributed by atoms with van der Waals surface area (Å²) >= 11 is 0. The molecule has 1 N–H and O–H groups in total. The summed E-state index contributed by atoms with van der Waals surface area (Å²) in [6.45, 7) is 2.73. The zero-order chi connectivity index (χ0) is 14.1. The highest BCUT2D eigenvalue weighted by Crippen LogP contribution is 2.31. The van der Waals surface area contributed by atoms with Crippen molar-refractivity contribution in [2.45, 2.75) is 49.8 Å². The number of nitrogens with zero attached hydrogens (tertiary/aromatic N) is 3. The van der Waals surface area contributed by atoms with E-state index in [1.807, 2.05) is 6.92 Å². The van der Waals surface area contributed by atoms with Gasteiger partial charge in [0.1, 0.15) is 0 Å². The van der Waals surface area contributed by atoms with Crippen molar-refractivity contribution in [3.05, 3.63) is 12.5 Å². The Morgan fingerprint density at radius 3 is 2.63 bits per heavy atom. The predicted octanol–water partition coefficient (Wildman–Crippen LogP) is 0.829. The molecule has 19 heavy (non-hydrogen) atoms. The van der Waals surface area contributed by atoms with Gasteiger partial charge in [-0.1, -0.05) is 12.8 Å². The molecule has 0 bridgehead atoms. The summed E-state index contributed by atoms with van der Waals surface area (Å²) in [4.78, 5) is 3.93. The van der Waals surface area contributed by atoms with E-state index in [2.05, 4.69) is 4.98 Å². The van der Waals surface area contributed by atoms with Crippen LogP contribution in [0.15, 0.2) is 17.6 Å². The molecule has 0 saturated heterocycles. The Balaban J connectivity index is 2.14. The van der Waals surface area contributed by atoms with Gasteiger partial charge in [0.25, 0.3) is 10.0 Å². The standard InChI is InChI=1S/C12H21N3O3S/c1-3-15-8-11(13-10-15)19(17,18)14(2)9-12(16)6-4-5-7-12/h8,10,16H,3-7,9H2,1-2H3. The van der Waals surface area contributed by atoms with Crippen LogP contribution in [0, 0.1) is 0 Å². The zero-order valence-electron chi connectivity index (χ0n) is 11.4. The van der Waals surface area contributed by atoms with E-state index in [9.17, 15) is 13.5 Å². The van der Waals surface area contributed by atoms with Gasteiger partial charge < -0.3 is 9.67 Å². The van der Waals surface area contributed by atoms with Crippen LogP contribution in [0.4, 0.5) is 0 Å². The summed E-state index contributed by atoms with van der Waals surface area (Å²) < 4.78 is 27.6. The molecule has 0 aliphatic heterocycles. The largest absolute Gasteiger partial charge is 0.389 e. The van der Waals surface area contributed by atoms with Gasteiger partial charge in [0, 0.05) is 26.3 Å². The van der Waals surface area contributed by atoms with Gasteiger partial charge in [-0.15, -0.1) is 0 Å². The van der Waals surface area contributed by atoms with E-state index in [1.165, 1.54) is 23.9 Å².